The third kappa shape index (κ3) is 2.20. The minimum Gasteiger partial charge on any atom is -0.497 e. The van der Waals surface area contributed by atoms with Crippen LogP contribution in [0.1, 0.15) is 21.5 Å². The van der Waals surface area contributed by atoms with Crippen LogP contribution in [0.2, 0.25) is 0 Å². The molecule has 0 spiro atoms. The Morgan fingerprint density at radius 1 is 1.25 bits per heavy atom. The summed E-state index contributed by atoms with van der Waals surface area (Å²) in [7, 11) is 1.64. The number of nitrogens with zero attached hydrogens (tertiary/aromatic N) is 1. The van der Waals surface area contributed by atoms with Crippen molar-refractivity contribution >= 4 is 11.6 Å². The van der Waals surface area contributed by atoms with Crippen LogP contribution in [0.5, 0.6) is 5.75 Å². The quantitative estimate of drug-likeness (QED) is 0.870. The van der Waals surface area contributed by atoms with Crippen molar-refractivity contribution in [3.05, 3.63) is 59.2 Å². The molecule has 4 nitrogen and oxygen atoms in total. The highest BCUT2D eigenvalue weighted by Crippen LogP contribution is 2.26. The minimum atomic E-state index is 0.0371. The molecular formula is C16H16N2O2. The molecule has 1 amide bonds. The first-order valence-corrected chi connectivity index (χ1v) is 6.48. The SMILES string of the molecule is COc1cccc(CN2Cc3ccc(N)cc3C2=O)c1. The Hall–Kier alpha value is -2.49. The standard InChI is InChI=1S/C16H16N2O2/c1-20-14-4-2-3-11(7-14)9-18-10-12-5-6-13(17)8-15(12)16(18)19/h2-8H,9-10,17H2,1H3. The molecule has 0 atom stereocenters. The lowest BCUT2D eigenvalue weighted by atomic mass is 10.1. The van der Waals surface area contributed by atoms with Gasteiger partial charge in [-0.2, -0.15) is 0 Å². The van der Waals surface area contributed by atoms with Crippen LogP contribution in [-0.4, -0.2) is 17.9 Å². The van der Waals surface area contributed by atoms with Gasteiger partial charge in [0, 0.05) is 24.3 Å². The highest BCUT2D eigenvalue weighted by molar-refractivity contribution is 5.99. The first kappa shape index (κ1) is 12.5. The maximum Gasteiger partial charge on any atom is 0.254 e. The van der Waals surface area contributed by atoms with Crippen molar-refractivity contribution in [2.75, 3.05) is 12.8 Å². The second-order valence-electron chi connectivity index (χ2n) is 4.93. The molecule has 0 aromatic heterocycles. The minimum absolute atomic E-state index is 0.0371. The average molecular weight is 268 g/mol. The molecular weight excluding hydrogens is 252 g/mol. The monoisotopic (exact) mass is 268 g/mol. The van der Waals surface area contributed by atoms with E-state index in [0.717, 1.165) is 16.9 Å². The number of nitrogens with two attached hydrogens (primary N) is 1. The van der Waals surface area contributed by atoms with Crippen LogP contribution in [0, 0.1) is 0 Å². The lowest BCUT2D eigenvalue weighted by Gasteiger charge is -2.16. The van der Waals surface area contributed by atoms with E-state index < -0.39 is 0 Å². The van der Waals surface area contributed by atoms with E-state index in [2.05, 4.69) is 0 Å². The van der Waals surface area contributed by atoms with E-state index in [4.69, 9.17) is 10.5 Å². The summed E-state index contributed by atoms with van der Waals surface area (Å²) in [6.45, 7) is 1.20. The smallest absolute Gasteiger partial charge is 0.254 e. The first-order chi connectivity index (χ1) is 9.67. The molecule has 0 fully saturated rings. The fourth-order valence-electron chi connectivity index (χ4n) is 2.50. The topological polar surface area (TPSA) is 55.6 Å². The fraction of sp³-hybridized carbons (Fsp3) is 0.188. The molecule has 2 aromatic carbocycles. The van der Waals surface area contributed by atoms with E-state index in [1.54, 1.807) is 13.2 Å². The number of hydrogen-bond donors (Lipinski definition) is 1. The van der Waals surface area contributed by atoms with Crippen LogP contribution in [0.15, 0.2) is 42.5 Å². The molecule has 1 aliphatic heterocycles. The maximum absolute atomic E-state index is 12.3. The van der Waals surface area contributed by atoms with Gasteiger partial charge in [-0.05, 0) is 35.4 Å². The van der Waals surface area contributed by atoms with Gasteiger partial charge in [0.1, 0.15) is 5.75 Å². The van der Waals surface area contributed by atoms with Crippen molar-refractivity contribution in [2.24, 2.45) is 0 Å². The molecule has 0 saturated carbocycles. The highest BCUT2D eigenvalue weighted by atomic mass is 16.5. The zero-order valence-electron chi connectivity index (χ0n) is 11.3. The van der Waals surface area contributed by atoms with E-state index in [9.17, 15) is 4.79 Å². The molecule has 2 aromatic rings. The number of anilines is 1. The predicted molar refractivity (Wildman–Crippen MR) is 77.4 cm³/mol. The molecule has 0 bridgehead atoms. The number of carbonyl (C=O) groups is 1. The summed E-state index contributed by atoms with van der Waals surface area (Å²) in [5.74, 6) is 0.839. The molecule has 1 heterocycles. The van der Waals surface area contributed by atoms with Gasteiger partial charge in [-0.1, -0.05) is 18.2 Å². The Balaban J connectivity index is 1.82. The van der Waals surface area contributed by atoms with Gasteiger partial charge in [0.2, 0.25) is 0 Å². The van der Waals surface area contributed by atoms with Crippen molar-refractivity contribution < 1.29 is 9.53 Å². The van der Waals surface area contributed by atoms with Gasteiger partial charge < -0.3 is 15.4 Å². The Labute approximate surface area is 117 Å². The van der Waals surface area contributed by atoms with Gasteiger partial charge in [-0.15, -0.1) is 0 Å². The van der Waals surface area contributed by atoms with Gasteiger partial charge >= 0.3 is 0 Å². The van der Waals surface area contributed by atoms with Crippen molar-refractivity contribution in [1.29, 1.82) is 0 Å². The van der Waals surface area contributed by atoms with Crippen molar-refractivity contribution in [2.45, 2.75) is 13.1 Å². The number of carbonyl (C=O) groups excluding carboxylic acids is 1. The molecule has 2 N–H and O–H groups in total. The van der Waals surface area contributed by atoms with Crippen LogP contribution in [0.4, 0.5) is 5.69 Å². The van der Waals surface area contributed by atoms with Crippen LogP contribution >= 0.6 is 0 Å². The number of methoxy groups -OCH3 is 1. The summed E-state index contributed by atoms with van der Waals surface area (Å²) < 4.78 is 5.20. The predicted octanol–water partition coefficient (Wildman–Crippen LogP) is 2.43. The van der Waals surface area contributed by atoms with Crippen molar-refractivity contribution in [3.8, 4) is 5.75 Å². The van der Waals surface area contributed by atoms with E-state index in [1.165, 1.54) is 0 Å². The summed E-state index contributed by atoms with van der Waals surface area (Å²) in [5, 5.41) is 0. The highest BCUT2D eigenvalue weighted by Gasteiger charge is 2.27. The normalized spacial score (nSPS) is 13.4. The Morgan fingerprint density at radius 3 is 2.90 bits per heavy atom. The molecule has 1 aliphatic rings. The van der Waals surface area contributed by atoms with Gasteiger partial charge in [0.25, 0.3) is 5.91 Å². The molecule has 0 saturated heterocycles. The Bertz CT molecular complexity index is 667. The number of nitrogen functional groups attached to an aromatic ring is 1. The molecule has 0 aliphatic carbocycles. The van der Waals surface area contributed by atoms with Gasteiger partial charge in [0.15, 0.2) is 0 Å². The van der Waals surface area contributed by atoms with E-state index in [1.807, 2.05) is 41.3 Å². The van der Waals surface area contributed by atoms with Crippen LogP contribution in [0.3, 0.4) is 0 Å². The molecule has 20 heavy (non-hydrogen) atoms. The number of fused-ring (bicyclic) bond motifs is 1. The maximum atomic E-state index is 12.3. The van der Waals surface area contributed by atoms with Crippen LogP contribution < -0.4 is 10.5 Å². The summed E-state index contributed by atoms with van der Waals surface area (Å²) in [6.07, 6.45) is 0. The molecule has 4 heteroatoms. The third-order valence-electron chi connectivity index (χ3n) is 3.52. The first-order valence-electron chi connectivity index (χ1n) is 6.48. The van der Waals surface area contributed by atoms with E-state index in [0.29, 0.717) is 24.3 Å². The summed E-state index contributed by atoms with van der Waals surface area (Å²) in [5.41, 5.74) is 9.17. The second kappa shape index (κ2) is 4.89. The van der Waals surface area contributed by atoms with Gasteiger partial charge in [0.05, 0.1) is 7.11 Å². The lowest BCUT2D eigenvalue weighted by molar-refractivity contribution is 0.0766. The van der Waals surface area contributed by atoms with Gasteiger partial charge in [-0.25, -0.2) is 0 Å². The Morgan fingerprint density at radius 2 is 2.10 bits per heavy atom. The third-order valence-corrected chi connectivity index (χ3v) is 3.52. The molecule has 0 unspecified atom stereocenters. The lowest BCUT2D eigenvalue weighted by Crippen LogP contribution is -2.23. The summed E-state index contributed by atoms with van der Waals surface area (Å²) in [6, 6.07) is 13.3. The largest absolute Gasteiger partial charge is 0.497 e. The van der Waals surface area contributed by atoms with E-state index >= 15 is 0 Å². The number of amides is 1. The number of hydrogen-bond acceptors (Lipinski definition) is 3. The second-order valence-corrected chi connectivity index (χ2v) is 4.93. The average Bonchev–Trinajstić information content (AvgIpc) is 2.76. The fourth-order valence-corrected chi connectivity index (χ4v) is 2.50. The van der Waals surface area contributed by atoms with Gasteiger partial charge in [-0.3, -0.25) is 4.79 Å². The number of benzene rings is 2. The molecule has 3 rings (SSSR count). The number of rotatable bonds is 3. The van der Waals surface area contributed by atoms with Crippen LogP contribution in [0.25, 0.3) is 0 Å². The zero-order chi connectivity index (χ0) is 14.1. The zero-order valence-corrected chi connectivity index (χ0v) is 11.3. The summed E-state index contributed by atoms with van der Waals surface area (Å²) >= 11 is 0. The summed E-state index contributed by atoms with van der Waals surface area (Å²) in [4.78, 5) is 14.2. The Kier molecular flexibility index (Phi) is 3.06. The van der Waals surface area contributed by atoms with E-state index in [-0.39, 0.29) is 5.91 Å². The molecule has 102 valence electrons. The number of ether oxygens (including phenoxy) is 1. The van der Waals surface area contributed by atoms with Crippen molar-refractivity contribution in [1.82, 2.24) is 4.90 Å². The molecule has 0 radical (unpaired) electrons. The van der Waals surface area contributed by atoms with Crippen molar-refractivity contribution in [3.63, 3.8) is 0 Å². The van der Waals surface area contributed by atoms with Crippen LogP contribution in [-0.2, 0) is 13.1 Å².